The summed E-state index contributed by atoms with van der Waals surface area (Å²) in [7, 11) is 0.862. The van der Waals surface area contributed by atoms with E-state index in [1.807, 2.05) is 0 Å². The molecule has 0 radical (unpaired) electrons. The third-order valence-electron chi connectivity index (χ3n) is 4.13. The van der Waals surface area contributed by atoms with Crippen LogP contribution in [0.25, 0.3) is 5.69 Å². The second kappa shape index (κ2) is 5.87. The van der Waals surface area contributed by atoms with Gasteiger partial charge in [0.15, 0.2) is 11.4 Å². The van der Waals surface area contributed by atoms with Gasteiger partial charge in [0.1, 0.15) is 11.4 Å². The molecule has 144 valence electrons. The molecule has 0 spiro atoms. The molecule has 1 aromatic heterocycles. The van der Waals surface area contributed by atoms with Crippen LogP contribution in [-0.4, -0.2) is 20.5 Å². The van der Waals surface area contributed by atoms with Crippen LogP contribution in [0, 0.1) is 0 Å². The summed E-state index contributed by atoms with van der Waals surface area (Å²) in [6, 6.07) is 1.39. The summed E-state index contributed by atoms with van der Waals surface area (Å²) < 4.78 is 45.3. The number of halogens is 5. The van der Waals surface area contributed by atoms with Crippen molar-refractivity contribution < 1.29 is 22.7 Å². The quantitative estimate of drug-likeness (QED) is 0.707. The Morgan fingerprint density at radius 1 is 1.07 bits per heavy atom. The average molecular weight is 423 g/mol. The Kier molecular flexibility index (Phi) is 4.24. The van der Waals surface area contributed by atoms with E-state index < -0.39 is 34.5 Å². The first-order valence-electron chi connectivity index (χ1n) is 7.44. The van der Waals surface area contributed by atoms with E-state index in [0.717, 1.165) is 13.1 Å². The van der Waals surface area contributed by atoms with E-state index in [0.29, 0.717) is 4.57 Å². The second-order valence-electron chi connectivity index (χ2n) is 6.38. The number of fused-ring (bicyclic) bond motifs is 1. The van der Waals surface area contributed by atoms with Crippen molar-refractivity contribution in [3.05, 3.63) is 54.3 Å². The van der Waals surface area contributed by atoms with Crippen LogP contribution in [0.5, 0.6) is 5.75 Å². The minimum Gasteiger partial charge on any atom is -0.477 e. The van der Waals surface area contributed by atoms with Crippen LogP contribution in [0.4, 0.5) is 13.2 Å². The van der Waals surface area contributed by atoms with Gasteiger partial charge in [-0.15, -0.1) is 0 Å². The summed E-state index contributed by atoms with van der Waals surface area (Å²) in [4.78, 5) is 37.4. The molecule has 0 N–H and O–H groups in total. The number of carbonyl (C=O) groups excluding carboxylic acids is 1. The van der Waals surface area contributed by atoms with Gasteiger partial charge in [-0.25, -0.2) is 9.36 Å². The SMILES string of the molecule is Cn1c(C(F)(F)F)cc(=O)n(-c2c(Cl)cc(Cl)c3c2OC(C)(C)C3=O)c1=O. The van der Waals surface area contributed by atoms with Gasteiger partial charge in [-0.2, -0.15) is 13.2 Å². The van der Waals surface area contributed by atoms with Crippen LogP contribution in [0.15, 0.2) is 21.7 Å². The van der Waals surface area contributed by atoms with Crippen molar-refractivity contribution in [1.82, 2.24) is 9.13 Å². The molecule has 0 bridgehead atoms. The van der Waals surface area contributed by atoms with Crippen molar-refractivity contribution in [2.75, 3.05) is 0 Å². The molecule has 0 saturated heterocycles. The highest BCUT2D eigenvalue weighted by Gasteiger charge is 2.44. The molecule has 1 aliphatic heterocycles. The smallest absolute Gasteiger partial charge is 0.431 e. The third kappa shape index (κ3) is 2.85. The number of ether oxygens (including phenoxy) is 1. The second-order valence-corrected chi connectivity index (χ2v) is 7.19. The van der Waals surface area contributed by atoms with Crippen LogP contribution in [0.1, 0.15) is 29.9 Å². The van der Waals surface area contributed by atoms with Gasteiger partial charge in [0.25, 0.3) is 5.56 Å². The highest BCUT2D eigenvalue weighted by atomic mass is 35.5. The van der Waals surface area contributed by atoms with Gasteiger partial charge >= 0.3 is 11.9 Å². The number of aromatic nitrogens is 2. The molecular weight excluding hydrogens is 412 g/mol. The van der Waals surface area contributed by atoms with E-state index in [2.05, 4.69) is 0 Å². The number of benzene rings is 1. The summed E-state index contributed by atoms with van der Waals surface area (Å²) >= 11 is 12.2. The molecule has 2 aromatic rings. The molecule has 2 heterocycles. The van der Waals surface area contributed by atoms with Gasteiger partial charge in [-0.3, -0.25) is 14.2 Å². The number of carbonyl (C=O) groups is 1. The van der Waals surface area contributed by atoms with Crippen molar-refractivity contribution in [3.8, 4) is 11.4 Å². The molecule has 3 rings (SSSR count). The van der Waals surface area contributed by atoms with Crippen LogP contribution < -0.4 is 16.0 Å². The maximum Gasteiger partial charge on any atom is 0.431 e. The summed E-state index contributed by atoms with van der Waals surface area (Å²) in [6.45, 7) is 2.88. The van der Waals surface area contributed by atoms with Crippen LogP contribution >= 0.6 is 23.2 Å². The maximum atomic E-state index is 13.0. The Labute approximate surface area is 159 Å². The summed E-state index contributed by atoms with van der Waals surface area (Å²) in [6.07, 6.45) is -4.91. The fourth-order valence-electron chi connectivity index (χ4n) is 2.81. The first-order valence-corrected chi connectivity index (χ1v) is 8.19. The minimum atomic E-state index is -4.91. The van der Waals surface area contributed by atoms with Gasteiger partial charge in [-0.05, 0) is 19.9 Å². The van der Waals surface area contributed by atoms with Gasteiger partial charge in [0, 0.05) is 13.1 Å². The first-order chi connectivity index (χ1) is 12.3. The van der Waals surface area contributed by atoms with Gasteiger partial charge in [0.2, 0.25) is 5.78 Å². The first kappa shape index (κ1) is 19.5. The van der Waals surface area contributed by atoms with Crippen molar-refractivity contribution in [3.63, 3.8) is 0 Å². The van der Waals surface area contributed by atoms with E-state index in [1.165, 1.54) is 13.8 Å². The van der Waals surface area contributed by atoms with E-state index in [9.17, 15) is 27.6 Å². The Balaban J connectivity index is 2.43. The highest BCUT2D eigenvalue weighted by molar-refractivity contribution is 6.39. The zero-order chi connectivity index (χ0) is 20.5. The maximum absolute atomic E-state index is 13.0. The standard InChI is InChI=1S/C16H11Cl2F3N2O4/c1-15(2)13(25)10-6(17)4-7(18)11(12(10)27-15)23-9(24)5-8(16(19,20)21)22(3)14(23)26/h4-5H,1-3H3. The lowest BCUT2D eigenvalue weighted by Gasteiger charge is -2.18. The Morgan fingerprint density at radius 3 is 2.22 bits per heavy atom. The molecule has 11 heteroatoms. The summed E-state index contributed by atoms with van der Waals surface area (Å²) in [5.74, 6) is -0.751. The van der Waals surface area contributed by atoms with Crippen molar-refractivity contribution in [2.24, 2.45) is 7.05 Å². The summed E-state index contributed by atoms with van der Waals surface area (Å²) in [5.41, 5.74) is -5.80. The summed E-state index contributed by atoms with van der Waals surface area (Å²) in [5, 5.41) is -0.297. The monoisotopic (exact) mass is 422 g/mol. The van der Waals surface area contributed by atoms with Gasteiger partial charge in [0.05, 0.1) is 15.6 Å². The fraction of sp³-hybridized carbons (Fsp3) is 0.312. The number of hydrogen-bond donors (Lipinski definition) is 0. The molecule has 1 aromatic carbocycles. The lowest BCUT2D eigenvalue weighted by Crippen LogP contribution is -2.41. The fourth-order valence-corrected chi connectivity index (χ4v) is 3.43. The largest absolute Gasteiger partial charge is 0.477 e. The number of nitrogens with zero attached hydrogens (tertiary/aromatic N) is 2. The lowest BCUT2D eigenvalue weighted by molar-refractivity contribution is -0.144. The molecule has 1 aliphatic rings. The minimum absolute atomic E-state index is 0.0638. The topological polar surface area (TPSA) is 70.3 Å². The van der Waals surface area contributed by atoms with E-state index >= 15 is 0 Å². The lowest BCUT2D eigenvalue weighted by atomic mass is 9.99. The predicted octanol–water partition coefficient (Wildman–Crippen LogP) is 3.22. The number of rotatable bonds is 1. The predicted molar refractivity (Wildman–Crippen MR) is 91.3 cm³/mol. The Morgan fingerprint density at radius 2 is 1.67 bits per heavy atom. The van der Waals surface area contributed by atoms with Gasteiger partial charge in [-0.1, -0.05) is 23.2 Å². The molecule has 6 nitrogen and oxygen atoms in total. The zero-order valence-electron chi connectivity index (χ0n) is 14.1. The molecule has 27 heavy (non-hydrogen) atoms. The normalized spacial score (nSPS) is 15.6. The van der Waals surface area contributed by atoms with E-state index in [-0.39, 0.29) is 37.7 Å². The number of alkyl halides is 3. The number of Topliss-reactive ketones (excluding diaryl/α,β-unsaturated/α-hetero) is 1. The Bertz CT molecular complexity index is 1120. The average Bonchev–Trinajstić information content (AvgIpc) is 2.75. The van der Waals surface area contributed by atoms with Gasteiger partial charge < -0.3 is 4.74 Å². The van der Waals surface area contributed by atoms with Crippen molar-refractivity contribution in [1.29, 1.82) is 0 Å². The number of ketones is 1. The van der Waals surface area contributed by atoms with E-state index in [1.54, 1.807) is 0 Å². The van der Waals surface area contributed by atoms with Crippen molar-refractivity contribution in [2.45, 2.75) is 25.6 Å². The van der Waals surface area contributed by atoms with Crippen LogP contribution in [0.3, 0.4) is 0 Å². The van der Waals surface area contributed by atoms with Crippen LogP contribution in [-0.2, 0) is 13.2 Å². The Hall–Kier alpha value is -2.26. The molecule has 0 saturated carbocycles. The highest BCUT2D eigenvalue weighted by Crippen LogP contribution is 2.45. The molecule has 0 fully saturated rings. The molecule has 0 amide bonds. The van der Waals surface area contributed by atoms with E-state index in [4.69, 9.17) is 27.9 Å². The zero-order valence-corrected chi connectivity index (χ0v) is 15.6. The molecule has 0 aliphatic carbocycles. The molecular formula is C16H11Cl2F3N2O4. The number of hydrogen-bond acceptors (Lipinski definition) is 4. The third-order valence-corrected chi connectivity index (χ3v) is 4.71. The van der Waals surface area contributed by atoms with Crippen LogP contribution in [0.2, 0.25) is 10.0 Å². The molecule has 0 atom stereocenters. The van der Waals surface area contributed by atoms with Crippen molar-refractivity contribution >= 4 is 29.0 Å². The molecule has 0 unspecified atom stereocenters.